The van der Waals surface area contributed by atoms with E-state index in [2.05, 4.69) is 108 Å². The van der Waals surface area contributed by atoms with Crippen molar-refractivity contribution in [2.24, 2.45) is 0 Å². The first-order chi connectivity index (χ1) is 18.8. The van der Waals surface area contributed by atoms with E-state index in [4.69, 9.17) is 4.98 Å². The molecule has 0 saturated heterocycles. The molecule has 5 aromatic carbocycles. The van der Waals surface area contributed by atoms with Crippen molar-refractivity contribution >= 4 is 39.7 Å². The van der Waals surface area contributed by atoms with Gasteiger partial charge in [0.1, 0.15) is 0 Å². The van der Waals surface area contributed by atoms with Crippen molar-refractivity contribution in [2.75, 3.05) is 4.90 Å². The molecular formula is C34H21N3S. The number of nitrogens with zero attached hydrogens (tertiary/aromatic N) is 3. The number of anilines is 3. The second kappa shape index (κ2) is 9.23. The number of rotatable bonds is 3. The smallest absolute Gasteiger partial charge is 0.0991 e. The zero-order valence-corrected chi connectivity index (χ0v) is 21.2. The van der Waals surface area contributed by atoms with Crippen molar-refractivity contribution in [1.82, 2.24) is 4.98 Å². The third kappa shape index (κ3) is 3.73. The number of pyridine rings is 1. The lowest BCUT2D eigenvalue weighted by Crippen LogP contribution is -2.15. The summed E-state index contributed by atoms with van der Waals surface area (Å²) in [6.45, 7) is 0. The van der Waals surface area contributed by atoms with Crippen LogP contribution in [0.3, 0.4) is 0 Å². The van der Waals surface area contributed by atoms with Gasteiger partial charge in [0.2, 0.25) is 0 Å². The molecule has 3 nitrogen and oxygen atoms in total. The Kier molecular flexibility index (Phi) is 5.43. The van der Waals surface area contributed by atoms with Crippen LogP contribution in [0.15, 0.2) is 137 Å². The number of fused-ring (bicyclic) bond motifs is 3. The maximum absolute atomic E-state index is 9.30. The average molecular weight is 504 g/mol. The molecule has 0 fully saturated rings. The summed E-state index contributed by atoms with van der Waals surface area (Å²) >= 11 is 1.80. The quantitative estimate of drug-likeness (QED) is 0.241. The SMILES string of the molecule is N#Cc1ccc(-c2cc(-c3ccccc3)c3cccc(N4c5ccccc5Sc5ccccc54)c3n2)cc1. The standard InChI is InChI=1S/C34H21N3S/c35-22-23-17-19-25(20-18-23)28-21-27(24-9-2-1-3-10-24)26-11-8-14-31(34(26)36-28)37-29-12-4-6-15-32(29)38-33-16-7-5-13-30(33)37/h1-21H. The minimum atomic E-state index is 0.637. The molecular weight excluding hydrogens is 482 g/mol. The van der Waals surface area contributed by atoms with Crippen LogP contribution in [0.25, 0.3) is 33.3 Å². The normalized spacial score (nSPS) is 12.0. The van der Waals surface area contributed by atoms with Crippen LogP contribution in [0.2, 0.25) is 0 Å². The molecule has 0 atom stereocenters. The molecule has 0 unspecified atom stereocenters. The van der Waals surface area contributed by atoms with Gasteiger partial charge in [0.05, 0.1) is 39.9 Å². The van der Waals surface area contributed by atoms with Crippen molar-refractivity contribution < 1.29 is 0 Å². The third-order valence-corrected chi connectivity index (χ3v) is 8.02. The first kappa shape index (κ1) is 22.4. The molecule has 6 aromatic rings. The number of hydrogen-bond donors (Lipinski definition) is 0. The Morgan fingerprint density at radius 3 is 1.92 bits per heavy atom. The first-order valence-corrected chi connectivity index (χ1v) is 13.3. The van der Waals surface area contributed by atoms with Crippen molar-refractivity contribution in [2.45, 2.75) is 9.79 Å². The monoisotopic (exact) mass is 503 g/mol. The van der Waals surface area contributed by atoms with Crippen LogP contribution >= 0.6 is 11.8 Å². The second-order valence-corrected chi connectivity index (χ2v) is 10.2. The van der Waals surface area contributed by atoms with E-state index < -0.39 is 0 Å². The van der Waals surface area contributed by atoms with Gasteiger partial charge in [-0.2, -0.15) is 5.26 Å². The molecule has 1 aliphatic heterocycles. The highest BCUT2D eigenvalue weighted by Gasteiger charge is 2.26. The molecule has 0 spiro atoms. The molecule has 0 radical (unpaired) electrons. The third-order valence-electron chi connectivity index (χ3n) is 6.89. The molecule has 0 saturated carbocycles. The molecule has 1 aliphatic rings. The summed E-state index contributed by atoms with van der Waals surface area (Å²) in [5.41, 5.74) is 9.03. The number of nitriles is 1. The Morgan fingerprint density at radius 1 is 0.605 bits per heavy atom. The van der Waals surface area contributed by atoms with Crippen LogP contribution in [0.5, 0.6) is 0 Å². The second-order valence-electron chi connectivity index (χ2n) is 9.16. The Hall–Kier alpha value is -4.85. The van der Waals surface area contributed by atoms with Crippen LogP contribution in [-0.4, -0.2) is 4.98 Å². The largest absolute Gasteiger partial charge is 0.306 e. The van der Waals surface area contributed by atoms with Gasteiger partial charge in [-0.3, -0.25) is 0 Å². The first-order valence-electron chi connectivity index (χ1n) is 12.5. The zero-order chi connectivity index (χ0) is 25.5. The average Bonchev–Trinajstić information content (AvgIpc) is 2.99. The molecule has 2 heterocycles. The predicted molar refractivity (Wildman–Crippen MR) is 156 cm³/mol. The molecule has 0 amide bonds. The maximum atomic E-state index is 9.30. The van der Waals surface area contributed by atoms with E-state index in [0.29, 0.717) is 5.56 Å². The highest BCUT2D eigenvalue weighted by molar-refractivity contribution is 7.99. The predicted octanol–water partition coefficient (Wildman–Crippen LogP) is 9.37. The van der Waals surface area contributed by atoms with E-state index in [0.717, 1.165) is 50.3 Å². The van der Waals surface area contributed by atoms with E-state index in [1.54, 1.807) is 11.8 Å². The van der Waals surface area contributed by atoms with Gasteiger partial charge in [0, 0.05) is 20.7 Å². The molecule has 38 heavy (non-hydrogen) atoms. The van der Waals surface area contributed by atoms with E-state index in [1.807, 2.05) is 30.3 Å². The van der Waals surface area contributed by atoms with Gasteiger partial charge in [-0.25, -0.2) is 4.98 Å². The summed E-state index contributed by atoms with van der Waals surface area (Å²) in [7, 11) is 0. The summed E-state index contributed by atoms with van der Waals surface area (Å²) in [6.07, 6.45) is 0. The highest BCUT2D eigenvalue weighted by atomic mass is 32.2. The van der Waals surface area contributed by atoms with Crippen LogP contribution in [0, 0.1) is 11.3 Å². The van der Waals surface area contributed by atoms with Gasteiger partial charge in [-0.1, -0.05) is 90.6 Å². The van der Waals surface area contributed by atoms with Crippen LogP contribution < -0.4 is 4.90 Å². The topological polar surface area (TPSA) is 39.9 Å². The molecule has 1 aromatic heterocycles. The fourth-order valence-corrected chi connectivity index (χ4v) is 6.16. The van der Waals surface area contributed by atoms with Gasteiger partial charge in [-0.05, 0) is 59.7 Å². The van der Waals surface area contributed by atoms with Gasteiger partial charge < -0.3 is 4.90 Å². The lowest BCUT2D eigenvalue weighted by atomic mass is 9.97. The van der Waals surface area contributed by atoms with Crippen LogP contribution in [-0.2, 0) is 0 Å². The van der Waals surface area contributed by atoms with Gasteiger partial charge in [-0.15, -0.1) is 0 Å². The molecule has 0 bridgehead atoms. The van der Waals surface area contributed by atoms with Crippen molar-refractivity contribution in [3.63, 3.8) is 0 Å². The zero-order valence-electron chi connectivity index (χ0n) is 20.4. The summed E-state index contributed by atoms with van der Waals surface area (Å²) < 4.78 is 0. The van der Waals surface area contributed by atoms with Crippen molar-refractivity contribution in [3.8, 4) is 28.5 Å². The minimum Gasteiger partial charge on any atom is -0.306 e. The number of aromatic nitrogens is 1. The number of benzene rings is 5. The van der Waals surface area contributed by atoms with E-state index in [9.17, 15) is 5.26 Å². The van der Waals surface area contributed by atoms with Gasteiger partial charge >= 0.3 is 0 Å². The van der Waals surface area contributed by atoms with Crippen molar-refractivity contribution in [3.05, 3.63) is 133 Å². The molecule has 0 aliphatic carbocycles. The molecule has 4 heteroatoms. The van der Waals surface area contributed by atoms with Crippen molar-refractivity contribution in [1.29, 1.82) is 5.26 Å². The van der Waals surface area contributed by atoms with Gasteiger partial charge in [0.25, 0.3) is 0 Å². The number of para-hydroxylation sites is 3. The fraction of sp³-hybridized carbons (Fsp3) is 0. The van der Waals surface area contributed by atoms with E-state index >= 15 is 0 Å². The Morgan fingerprint density at radius 2 is 1.24 bits per heavy atom. The van der Waals surface area contributed by atoms with Crippen LogP contribution in [0.4, 0.5) is 17.1 Å². The molecule has 178 valence electrons. The molecule has 0 N–H and O–H groups in total. The summed E-state index contributed by atoms with van der Waals surface area (Å²) in [5.74, 6) is 0. The van der Waals surface area contributed by atoms with E-state index in [-0.39, 0.29) is 0 Å². The lowest BCUT2D eigenvalue weighted by Gasteiger charge is -2.33. The summed E-state index contributed by atoms with van der Waals surface area (Å²) in [5, 5.41) is 10.4. The fourth-order valence-electron chi connectivity index (χ4n) is 5.10. The summed E-state index contributed by atoms with van der Waals surface area (Å²) in [4.78, 5) is 10.1. The summed E-state index contributed by atoms with van der Waals surface area (Å²) in [6, 6.07) is 46.0. The van der Waals surface area contributed by atoms with Crippen LogP contribution in [0.1, 0.15) is 5.56 Å². The van der Waals surface area contributed by atoms with Gasteiger partial charge in [0.15, 0.2) is 0 Å². The maximum Gasteiger partial charge on any atom is 0.0991 e. The molecule has 7 rings (SSSR count). The minimum absolute atomic E-state index is 0.637. The number of hydrogen-bond acceptors (Lipinski definition) is 4. The Balaban J connectivity index is 1.54. The van der Waals surface area contributed by atoms with E-state index in [1.165, 1.54) is 9.79 Å². The highest BCUT2D eigenvalue weighted by Crippen LogP contribution is 2.52. The Bertz CT molecular complexity index is 1810. The lowest BCUT2D eigenvalue weighted by molar-refractivity contribution is 1.17. The Labute approximate surface area is 225 Å².